The van der Waals surface area contributed by atoms with E-state index in [1.165, 1.54) is 11.3 Å². The Morgan fingerprint density at radius 2 is 1.75 bits per heavy atom. The number of rotatable bonds is 3. The normalized spacial score (nSPS) is 38.3. The van der Waals surface area contributed by atoms with Gasteiger partial charge >= 0.3 is 0 Å². The van der Waals surface area contributed by atoms with Crippen LogP contribution in [-0.4, -0.2) is 23.4 Å². The first kappa shape index (κ1) is 14.5. The number of anilines is 1. The van der Waals surface area contributed by atoms with Crippen molar-refractivity contribution in [3.8, 4) is 0 Å². The number of hydrogen-bond acceptors (Lipinski definition) is 3. The molecule has 0 spiro atoms. The highest BCUT2D eigenvalue weighted by Crippen LogP contribution is 2.65. The Morgan fingerprint density at radius 3 is 2.33 bits per heavy atom. The summed E-state index contributed by atoms with van der Waals surface area (Å²) in [5, 5.41) is 3.85. The van der Waals surface area contributed by atoms with Crippen LogP contribution < -0.4 is 5.32 Å². The van der Waals surface area contributed by atoms with E-state index in [2.05, 4.69) is 17.5 Å². The molecule has 4 aliphatic carbocycles. The molecule has 1 N–H and O–H groups in total. The largest absolute Gasteiger partial charge is 0.367 e. The molecule has 3 fully saturated rings. The summed E-state index contributed by atoms with van der Waals surface area (Å²) >= 11 is 6.14. The lowest BCUT2D eigenvalue weighted by atomic mass is 9.63. The van der Waals surface area contributed by atoms with Gasteiger partial charge in [-0.3, -0.25) is 14.5 Å². The third-order valence-electron chi connectivity index (χ3n) is 6.37. The van der Waals surface area contributed by atoms with Gasteiger partial charge in [0.1, 0.15) is 0 Å². The fraction of sp³-hybridized carbons (Fsp3) is 0.474. The monoisotopic (exact) mass is 342 g/mol. The average molecular weight is 343 g/mol. The average Bonchev–Trinajstić information content (AvgIpc) is 3.35. The summed E-state index contributed by atoms with van der Waals surface area (Å²) in [5.74, 6) is 1.59. The molecule has 4 nitrogen and oxygen atoms in total. The first-order chi connectivity index (χ1) is 11.6. The minimum Gasteiger partial charge on any atom is -0.367 e. The van der Waals surface area contributed by atoms with Crippen LogP contribution in [0.2, 0.25) is 5.02 Å². The third-order valence-corrected chi connectivity index (χ3v) is 6.77. The Bertz CT molecular complexity index is 754. The number of imide groups is 1. The molecule has 1 aromatic carbocycles. The molecule has 6 rings (SSSR count). The van der Waals surface area contributed by atoms with Crippen molar-refractivity contribution in [1.29, 1.82) is 0 Å². The fourth-order valence-corrected chi connectivity index (χ4v) is 5.23. The van der Waals surface area contributed by atoms with Crippen LogP contribution in [0.4, 0.5) is 5.69 Å². The second-order valence-electron chi connectivity index (χ2n) is 7.56. The molecule has 1 saturated heterocycles. The number of hydrogen-bond donors (Lipinski definition) is 1. The number of carbonyl (C=O) groups excluding carboxylic acids is 2. The van der Waals surface area contributed by atoms with Crippen LogP contribution in [0, 0.1) is 42.4 Å². The molecular weight excluding hydrogens is 324 g/mol. The maximum absolute atomic E-state index is 12.9. The summed E-state index contributed by atoms with van der Waals surface area (Å²) in [5.41, 5.74) is 1.83. The van der Waals surface area contributed by atoms with Gasteiger partial charge in [-0.05, 0) is 54.7 Å². The second kappa shape index (κ2) is 4.85. The number of benzene rings is 1. The molecule has 1 heterocycles. The summed E-state index contributed by atoms with van der Waals surface area (Å²) in [6, 6.07) is 5.67. The Labute approximate surface area is 145 Å². The number of allylic oxidation sites excluding steroid dienone is 2. The molecule has 0 radical (unpaired) electrons. The van der Waals surface area contributed by atoms with E-state index in [0.29, 0.717) is 16.9 Å². The predicted octanol–water partition coefficient (Wildman–Crippen LogP) is 3.07. The quantitative estimate of drug-likeness (QED) is 0.678. The number of nitrogens with one attached hydrogen (secondary N) is 1. The molecule has 2 amide bonds. The van der Waals surface area contributed by atoms with Crippen LogP contribution in [-0.2, 0) is 9.59 Å². The van der Waals surface area contributed by atoms with E-state index in [0.717, 1.165) is 11.3 Å². The van der Waals surface area contributed by atoms with Crippen molar-refractivity contribution in [2.75, 3.05) is 12.0 Å². The molecule has 2 saturated carbocycles. The number of nitrogens with zero attached hydrogens (tertiary/aromatic N) is 1. The topological polar surface area (TPSA) is 49.4 Å². The zero-order valence-electron chi connectivity index (χ0n) is 13.4. The summed E-state index contributed by atoms with van der Waals surface area (Å²) in [6.07, 6.45) is 5.58. The van der Waals surface area contributed by atoms with Crippen LogP contribution in [0.15, 0.2) is 30.4 Å². The first-order valence-corrected chi connectivity index (χ1v) is 8.97. The van der Waals surface area contributed by atoms with Crippen molar-refractivity contribution >= 4 is 29.1 Å². The van der Waals surface area contributed by atoms with Crippen molar-refractivity contribution in [1.82, 2.24) is 4.90 Å². The lowest BCUT2D eigenvalue weighted by molar-refractivity contribution is -0.139. The fourth-order valence-electron chi connectivity index (χ4n) is 5.05. The highest BCUT2D eigenvalue weighted by Gasteiger charge is 2.66. The zero-order valence-corrected chi connectivity index (χ0v) is 14.2. The number of amides is 2. The SMILES string of the molecule is Cc1ccc(NCN2C(=O)[C@@H]3[C@@H]4C=C[C@H]([C@@H]5C[C@H]45)[C@@H]3C2=O)cc1Cl. The van der Waals surface area contributed by atoms with Crippen molar-refractivity contribution < 1.29 is 9.59 Å². The maximum atomic E-state index is 12.9. The lowest BCUT2D eigenvalue weighted by Crippen LogP contribution is -2.40. The van der Waals surface area contributed by atoms with Gasteiger partial charge in [0.15, 0.2) is 0 Å². The van der Waals surface area contributed by atoms with Gasteiger partial charge in [-0.2, -0.15) is 0 Å². The molecule has 5 aliphatic rings. The van der Waals surface area contributed by atoms with Gasteiger partial charge < -0.3 is 5.32 Å². The number of aryl methyl sites for hydroxylation is 1. The van der Waals surface area contributed by atoms with Gasteiger partial charge in [0.25, 0.3) is 0 Å². The highest BCUT2D eigenvalue weighted by atomic mass is 35.5. The molecule has 0 unspecified atom stereocenters. The minimum absolute atomic E-state index is 0.000378. The predicted molar refractivity (Wildman–Crippen MR) is 91.2 cm³/mol. The van der Waals surface area contributed by atoms with Crippen molar-refractivity contribution in [3.05, 3.63) is 40.9 Å². The van der Waals surface area contributed by atoms with Crippen LogP contribution in [0.3, 0.4) is 0 Å². The van der Waals surface area contributed by atoms with Crippen LogP contribution in [0.25, 0.3) is 0 Å². The molecule has 1 aromatic rings. The van der Waals surface area contributed by atoms with Gasteiger partial charge in [-0.25, -0.2) is 0 Å². The molecule has 5 heteroatoms. The third kappa shape index (κ3) is 1.86. The summed E-state index contributed by atoms with van der Waals surface area (Å²) in [6.45, 7) is 2.16. The van der Waals surface area contributed by atoms with Crippen LogP contribution in [0.1, 0.15) is 12.0 Å². The van der Waals surface area contributed by atoms with Crippen molar-refractivity contribution in [2.24, 2.45) is 35.5 Å². The van der Waals surface area contributed by atoms with E-state index in [1.807, 2.05) is 25.1 Å². The maximum Gasteiger partial charge on any atom is 0.235 e. The number of likely N-dealkylation sites (tertiary alicyclic amines) is 1. The summed E-state index contributed by atoms with van der Waals surface area (Å²) in [4.78, 5) is 27.1. The molecule has 1 aliphatic heterocycles. The number of carbonyl (C=O) groups is 2. The van der Waals surface area contributed by atoms with Gasteiger partial charge in [0.05, 0.1) is 18.5 Å². The van der Waals surface area contributed by atoms with E-state index in [9.17, 15) is 9.59 Å². The van der Waals surface area contributed by atoms with E-state index in [1.54, 1.807) is 0 Å². The second-order valence-corrected chi connectivity index (χ2v) is 7.97. The van der Waals surface area contributed by atoms with Gasteiger partial charge in [0.2, 0.25) is 11.8 Å². The minimum atomic E-state index is -0.125. The van der Waals surface area contributed by atoms with Gasteiger partial charge in [0, 0.05) is 10.7 Å². The van der Waals surface area contributed by atoms with Gasteiger partial charge in [-0.1, -0.05) is 29.8 Å². The molecular formula is C19H19ClN2O2. The molecule has 0 aromatic heterocycles. The van der Waals surface area contributed by atoms with E-state index in [4.69, 9.17) is 11.6 Å². The van der Waals surface area contributed by atoms with Gasteiger partial charge in [-0.15, -0.1) is 0 Å². The Balaban J connectivity index is 1.36. The summed E-state index contributed by atoms with van der Waals surface area (Å²) in [7, 11) is 0. The smallest absolute Gasteiger partial charge is 0.235 e. The van der Waals surface area contributed by atoms with Crippen LogP contribution in [0.5, 0.6) is 0 Å². The standard InChI is InChI=1S/C19H19ClN2O2/c1-9-2-3-10(6-15(9)20)21-8-22-18(23)16-11-4-5-12(14-7-13(11)14)17(16)19(22)24/h2-6,11-14,16-17,21H,7-8H2,1H3/t11-,12-,13-,14+,16-,17+/m1/s1. The number of halogens is 1. The van der Waals surface area contributed by atoms with Crippen LogP contribution >= 0.6 is 11.6 Å². The van der Waals surface area contributed by atoms with E-state index in [-0.39, 0.29) is 42.2 Å². The molecule has 6 atom stereocenters. The highest BCUT2D eigenvalue weighted by molar-refractivity contribution is 6.31. The van der Waals surface area contributed by atoms with Crippen molar-refractivity contribution in [3.63, 3.8) is 0 Å². The Kier molecular flexibility index (Phi) is 2.94. The Hall–Kier alpha value is -1.81. The molecule has 2 bridgehead atoms. The molecule has 24 heavy (non-hydrogen) atoms. The van der Waals surface area contributed by atoms with E-state index >= 15 is 0 Å². The Morgan fingerprint density at radius 1 is 1.12 bits per heavy atom. The molecule has 124 valence electrons. The van der Waals surface area contributed by atoms with E-state index < -0.39 is 0 Å². The zero-order chi connectivity index (χ0) is 16.6. The van der Waals surface area contributed by atoms with Crippen molar-refractivity contribution in [2.45, 2.75) is 13.3 Å². The summed E-state index contributed by atoms with van der Waals surface area (Å²) < 4.78 is 0. The first-order valence-electron chi connectivity index (χ1n) is 8.60. The lowest BCUT2D eigenvalue weighted by Gasteiger charge is -2.37.